The van der Waals surface area contributed by atoms with E-state index in [1.54, 1.807) is 19.2 Å². The van der Waals surface area contributed by atoms with Gasteiger partial charge in [0.1, 0.15) is 11.3 Å². The lowest BCUT2D eigenvalue weighted by atomic mass is 9.79. The highest BCUT2D eigenvalue weighted by molar-refractivity contribution is 6.39. The van der Waals surface area contributed by atoms with Crippen LogP contribution in [0.2, 0.25) is 0 Å². The maximum Gasteiger partial charge on any atom is 0.335 e. The lowest BCUT2D eigenvalue weighted by molar-refractivity contribution is -0.122. The first-order valence-electron chi connectivity index (χ1n) is 12.6. The van der Waals surface area contributed by atoms with Crippen LogP contribution in [0.25, 0.3) is 6.08 Å². The van der Waals surface area contributed by atoms with Crippen LogP contribution in [0.1, 0.15) is 70.1 Å². The normalized spacial score (nSPS) is 20.4. The molecule has 2 aliphatic heterocycles. The van der Waals surface area contributed by atoms with Gasteiger partial charge in [0.25, 0.3) is 11.8 Å². The number of imide groups is 2. The summed E-state index contributed by atoms with van der Waals surface area (Å²) in [6.07, 6.45) is 4.38. The third-order valence-electron chi connectivity index (χ3n) is 7.19. The largest absolute Gasteiger partial charge is 0.496 e. The molecule has 2 aliphatic rings. The lowest BCUT2D eigenvalue weighted by Gasteiger charge is -2.48. The molecule has 7 heteroatoms. The van der Waals surface area contributed by atoms with Crippen LogP contribution in [-0.2, 0) is 16.0 Å². The van der Waals surface area contributed by atoms with Crippen molar-refractivity contribution in [2.75, 3.05) is 23.5 Å². The Kier molecular flexibility index (Phi) is 6.94. The number of carbonyl (C=O) groups is 3. The summed E-state index contributed by atoms with van der Waals surface area (Å²) in [7, 11) is 1.58. The van der Waals surface area contributed by atoms with E-state index < -0.39 is 17.8 Å². The zero-order valence-corrected chi connectivity index (χ0v) is 22.0. The van der Waals surface area contributed by atoms with E-state index in [2.05, 4.69) is 37.9 Å². The van der Waals surface area contributed by atoms with Gasteiger partial charge < -0.3 is 9.64 Å². The number of hydrogen-bond acceptors (Lipinski definition) is 5. The fourth-order valence-corrected chi connectivity index (χ4v) is 5.39. The fraction of sp³-hybridized carbons (Fsp3) is 0.414. The Hall–Kier alpha value is -3.61. The van der Waals surface area contributed by atoms with Crippen molar-refractivity contribution in [2.45, 2.75) is 65.3 Å². The quantitative estimate of drug-likeness (QED) is 0.433. The number of methoxy groups -OCH3 is 1. The standard InChI is InChI=1S/C29H35N3O4/c1-7-13-31-24-16-25(36-6)20(14-22(24)18(3)17-29(31,4)5)15-23-26(33)30-28(35)32(27(23)34)21-11-9-19(8-2)10-12-21/h9-12,14-16,18H,7-8,13,17H2,1-6H3,(H,30,33,35)/b23-15-. The first-order valence-corrected chi connectivity index (χ1v) is 12.6. The molecule has 4 rings (SSSR count). The minimum absolute atomic E-state index is 0.000822. The molecule has 36 heavy (non-hydrogen) atoms. The van der Waals surface area contributed by atoms with Gasteiger partial charge in [0.15, 0.2) is 0 Å². The van der Waals surface area contributed by atoms with Crippen molar-refractivity contribution in [3.8, 4) is 5.75 Å². The molecule has 0 bridgehead atoms. The average Bonchev–Trinajstić information content (AvgIpc) is 2.84. The van der Waals surface area contributed by atoms with Gasteiger partial charge in [-0.25, -0.2) is 9.69 Å². The smallest absolute Gasteiger partial charge is 0.335 e. The second-order valence-electron chi connectivity index (χ2n) is 10.2. The summed E-state index contributed by atoms with van der Waals surface area (Å²) in [6, 6.07) is 10.4. The molecule has 1 unspecified atom stereocenters. The highest BCUT2D eigenvalue weighted by atomic mass is 16.5. The van der Waals surface area contributed by atoms with E-state index in [1.165, 1.54) is 6.08 Å². The maximum absolute atomic E-state index is 13.4. The van der Waals surface area contributed by atoms with E-state index in [0.29, 0.717) is 17.0 Å². The van der Waals surface area contributed by atoms with Crippen LogP contribution in [0.3, 0.4) is 0 Å². The van der Waals surface area contributed by atoms with Gasteiger partial charge in [0, 0.05) is 29.4 Å². The Balaban J connectivity index is 1.78. The minimum Gasteiger partial charge on any atom is -0.496 e. The van der Waals surface area contributed by atoms with Crippen LogP contribution >= 0.6 is 0 Å². The van der Waals surface area contributed by atoms with Gasteiger partial charge in [-0.1, -0.05) is 32.9 Å². The van der Waals surface area contributed by atoms with Crippen molar-refractivity contribution in [1.29, 1.82) is 0 Å². The van der Waals surface area contributed by atoms with Gasteiger partial charge in [-0.15, -0.1) is 0 Å². The molecule has 4 amide bonds. The molecule has 7 nitrogen and oxygen atoms in total. The van der Waals surface area contributed by atoms with E-state index in [9.17, 15) is 14.4 Å². The third kappa shape index (κ3) is 4.50. The van der Waals surface area contributed by atoms with E-state index >= 15 is 0 Å². The van der Waals surface area contributed by atoms with Crippen molar-refractivity contribution in [3.63, 3.8) is 0 Å². The highest BCUT2D eigenvalue weighted by Crippen LogP contribution is 2.46. The van der Waals surface area contributed by atoms with Crippen LogP contribution in [0.15, 0.2) is 42.0 Å². The van der Waals surface area contributed by atoms with Gasteiger partial charge in [-0.3, -0.25) is 14.9 Å². The Morgan fingerprint density at radius 1 is 1.11 bits per heavy atom. The predicted octanol–water partition coefficient (Wildman–Crippen LogP) is 5.43. The van der Waals surface area contributed by atoms with Crippen LogP contribution in [0.5, 0.6) is 5.75 Å². The van der Waals surface area contributed by atoms with Gasteiger partial charge in [-0.05, 0) is 74.4 Å². The summed E-state index contributed by atoms with van der Waals surface area (Å²) in [6.45, 7) is 11.8. The van der Waals surface area contributed by atoms with E-state index in [1.807, 2.05) is 31.2 Å². The first kappa shape index (κ1) is 25.5. The van der Waals surface area contributed by atoms with E-state index in [0.717, 1.165) is 47.5 Å². The molecule has 0 spiro atoms. The van der Waals surface area contributed by atoms with Crippen LogP contribution < -0.4 is 19.9 Å². The van der Waals surface area contributed by atoms with Gasteiger partial charge in [-0.2, -0.15) is 0 Å². The molecule has 2 aromatic carbocycles. The van der Waals surface area contributed by atoms with Crippen LogP contribution in [0, 0.1) is 0 Å². The number of benzene rings is 2. The van der Waals surface area contributed by atoms with Gasteiger partial charge in [0.2, 0.25) is 0 Å². The summed E-state index contributed by atoms with van der Waals surface area (Å²) in [4.78, 5) is 42.2. The molecule has 190 valence electrons. The number of aryl methyl sites for hydroxylation is 1. The van der Waals surface area contributed by atoms with E-state index in [4.69, 9.17) is 4.74 Å². The monoisotopic (exact) mass is 489 g/mol. The number of ether oxygens (including phenoxy) is 1. The number of hydrogen-bond donors (Lipinski definition) is 1. The zero-order valence-electron chi connectivity index (χ0n) is 22.0. The van der Waals surface area contributed by atoms with Crippen molar-refractivity contribution < 1.29 is 19.1 Å². The number of amides is 4. The molecular formula is C29H35N3O4. The van der Waals surface area contributed by atoms with E-state index in [-0.39, 0.29) is 17.0 Å². The number of nitrogens with one attached hydrogen (secondary N) is 1. The Bertz CT molecular complexity index is 1230. The van der Waals surface area contributed by atoms with Crippen molar-refractivity contribution in [1.82, 2.24) is 5.32 Å². The number of carbonyl (C=O) groups excluding carboxylic acids is 3. The van der Waals surface area contributed by atoms with Crippen LogP contribution in [-0.4, -0.2) is 37.0 Å². The molecule has 0 aliphatic carbocycles. The number of barbiturate groups is 1. The third-order valence-corrected chi connectivity index (χ3v) is 7.19. The molecule has 1 saturated heterocycles. The Morgan fingerprint density at radius 3 is 2.42 bits per heavy atom. The fourth-order valence-electron chi connectivity index (χ4n) is 5.39. The van der Waals surface area contributed by atoms with Crippen molar-refractivity contribution in [2.24, 2.45) is 0 Å². The summed E-state index contributed by atoms with van der Waals surface area (Å²) < 4.78 is 5.72. The predicted molar refractivity (Wildman–Crippen MR) is 143 cm³/mol. The summed E-state index contributed by atoms with van der Waals surface area (Å²) in [5, 5.41) is 2.31. The number of urea groups is 1. The lowest BCUT2D eigenvalue weighted by Crippen LogP contribution is -2.54. The molecule has 0 saturated carbocycles. The molecule has 2 heterocycles. The Labute approximate surface area is 213 Å². The topological polar surface area (TPSA) is 79.0 Å². The Morgan fingerprint density at radius 2 is 1.81 bits per heavy atom. The molecule has 1 fully saturated rings. The van der Waals surface area contributed by atoms with Crippen LogP contribution in [0.4, 0.5) is 16.2 Å². The molecule has 2 aromatic rings. The minimum atomic E-state index is -0.755. The second kappa shape index (κ2) is 9.80. The highest BCUT2D eigenvalue weighted by Gasteiger charge is 2.39. The second-order valence-corrected chi connectivity index (χ2v) is 10.2. The molecule has 1 atom stereocenters. The number of nitrogens with zero attached hydrogens (tertiary/aromatic N) is 2. The summed E-state index contributed by atoms with van der Waals surface area (Å²) in [5.41, 5.74) is 4.30. The average molecular weight is 490 g/mol. The number of anilines is 2. The van der Waals surface area contributed by atoms with Crippen molar-refractivity contribution in [3.05, 3.63) is 58.7 Å². The number of fused-ring (bicyclic) bond motifs is 1. The van der Waals surface area contributed by atoms with Gasteiger partial charge in [0.05, 0.1) is 12.8 Å². The summed E-state index contributed by atoms with van der Waals surface area (Å²) in [5.74, 6) is -0.511. The molecular weight excluding hydrogens is 454 g/mol. The van der Waals surface area contributed by atoms with Crippen molar-refractivity contribution >= 4 is 35.3 Å². The molecule has 1 N–H and O–H groups in total. The van der Waals surface area contributed by atoms with Gasteiger partial charge >= 0.3 is 6.03 Å². The zero-order chi connectivity index (χ0) is 26.2. The molecule has 0 radical (unpaired) electrons. The SMILES string of the molecule is CCCN1c2cc(OC)c(/C=C3/C(=O)NC(=O)N(c4ccc(CC)cc4)C3=O)cc2C(C)CC1(C)C. The maximum atomic E-state index is 13.4. The molecule has 0 aromatic heterocycles. The number of rotatable bonds is 6. The summed E-state index contributed by atoms with van der Waals surface area (Å²) >= 11 is 0. The first-order chi connectivity index (χ1) is 17.1.